The molecule has 0 saturated heterocycles. The number of hydrogen-bond acceptors (Lipinski definition) is 5. The monoisotopic (exact) mass is 406 g/mol. The summed E-state index contributed by atoms with van der Waals surface area (Å²) in [6.45, 7) is 5.51. The number of rotatable bonds is 7. The number of carbonyl (C=O) groups is 1. The smallest absolute Gasteiger partial charge is 0.243 e. The molecule has 2 aromatic rings. The van der Waals surface area contributed by atoms with E-state index in [9.17, 15) is 13.2 Å². The average molecular weight is 407 g/mol. The largest absolute Gasteiger partial charge is 0.383 e. The zero-order chi connectivity index (χ0) is 20.3. The number of ether oxygens (including phenoxy) is 1. The molecule has 3 rings (SSSR count). The van der Waals surface area contributed by atoms with Gasteiger partial charge in [-0.2, -0.15) is 4.31 Å². The second-order valence-electron chi connectivity index (χ2n) is 6.91. The number of nitrogens with zero attached hydrogens (tertiary/aromatic N) is 3. The highest BCUT2D eigenvalue weighted by Gasteiger charge is 2.35. The molecule has 9 heteroatoms. The van der Waals surface area contributed by atoms with Crippen LogP contribution in [-0.2, 0) is 32.5 Å². The molecule has 0 aliphatic carbocycles. The van der Waals surface area contributed by atoms with Gasteiger partial charge in [-0.1, -0.05) is 17.7 Å². The lowest BCUT2D eigenvalue weighted by molar-refractivity contribution is -0.120. The van der Waals surface area contributed by atoms with Gasteiger partial charge in [0.1, 0.15) is 5.82 Å². The van der Waals surface area contributed by atoms with E-state index < -0.39 is 16.1 Å². The first-order chi connectivity index (χ1) is 13.3. The van der Waals surface area contributed by atoms with E-state index in [4.69, 9.17) is 4.74 Å². The van der Waals surface area contributed by atoms with Crippen LogP contribution in [0.3, 0.4) is 0 Å². The Hall–Kier alpha value is -2.23. The number of imidazole rings is 1. The average Bonchev–Trinajstić information content (AvgIpc) is 3.06. The van der Waals surface area contributed by atoms with E-state index >= 15 is 0 Å². The van der Waals surface area contributed by atoms with Crippen LogP contribution in [0.5, 0.6) is 0 Å². The number of aromatic nitrogens is 2. The third kappa shape index (κ3) is 4.26. The molecule has 1 N–H and O–H groups in total. The molecule has 1 aromatic heterocycles. The Bertz CT molecular complexity index is 937. The zero-order valence-corrected chi connectivity index (χ0v) is 17.2. The molecule has 1 aromatic carbocycles. The van der Waals surface area contributed by atoms with Gasteiger partial charge >= 0.3 is 0 Å². The number of fused-ring (bicyclic) bond motifs is 1. The van der Waals surface area contributed by atoms with Gasteiger partial charge in [0.05, 0.1) is 29.7 Å². The van der Waals surface area contributed by atoms with E-state index in [-0.39, 0.29) is 17.2 Å². The summed E-state index contributed by atoms with van der Waals surface area (Å²) in [5.41, 5.74) is 1.64. The molecule has 1 amide bonds. The first-order valence-electron chi connectivity index (χ1n) is 9.23. The Morgan fingerprint density at radius 2 is 2.00 bits per heavy atom. The maximum atomic E-state index is 13.1. The summed E-state index contributed by atoms with van der Waals surface area (Å²) < 4.78 is 34.4. The van der Waals surface area contributed by atoms with Crippen molar-refractivity contribution in [2.24, 2.45) is 0 Å². The molecule has 0 fully saturated rings. The summed E-state index contributed by atoms with van der Waals surface area (Å²) in [5.74, 6) is 0.519. The Labute approximate surface area is 165 Å². The maximum absolute atomic E-state index is 13.1. The molecule has 0 saturated carbocycles. The topological polar surface area (TPSA) is 93.5 Å². The zero-order valence-electron chi connectivity index (χ0n) is 16.4. The van der Waals surface area contributed by atoms with Crippen molar-refractivity contribution in [3.63, 3.8) is 0 Å². The van der Waals surface area contributed by atoms with Gasteiger partial charge in [-0.05, 0) is 26.0 Å². The van der Waals surface area contributed by atoms with Gasteiger partial charge in [0.2, 0.25) is 15.9 Å². The van der Waals surface area contributed by atoms with Gasteiger partial charge in [-0.3, -0.25) is 4.79 Å². The van der Waals surface area contributed by atoms with Gasteiger partial charge in [-0.15, -0.1) is 0 Å². The minimum Gasteiger partial charge on any atom is -0.383 e. The highest BCUT2D eigenvalue weighted by molar-refractivity contribution is 7.89. The van der Waals surface area contributed by atoms with E-state index in [0.29, 0.717) is 37.8 Å². The molecular formula is C19H26N4O4S. The predicted octanol–water partition coefficient (Wildman–Crippen LogP) is 1.26. The van der Waals surface area contributed by atoms with Crippen LogP contribution >= 0.6 is 0 Å². The third-order valence-electron chi connectivity index (χ3n) is 4.82. The van der Waals surface area contributed by atoms with Crippen LogP contribution in [0.2, 0.25) is 0 Å². The normalized spacial score (nSPS) is 17.3. The van der Waals surface area contributed by atoms with Crippen LogP contribution in [0.25, 0.3) is 0 Å². The summed E-state index contributed by atoms with van der Waals surface area (Å²) in [5, 5.41) is 2.76. The third-order valence-corrected chi connectivity index (χ3v) is 6.81. The molecule has 0 bridgehead atoms. The van der Waals surface area contributed by atoms with Crippen molar-refractivity contribution in [1.29, 1.82) is 0 Å². The van der Waals surface area contributed by atoms with Crippen molar-refractivity contribution in [3.8, 4) is 0 Å². The standard InChI is InChI=1S/C19H26N4O4S/c1-14-4-6-17(7-5-14)28(25,26)23-10-9-22-13-16(21-19(22)15(23)2)12-18(24)20-8-11-27-3/h4-7,13,15H,8-12H2,1-3H3,(H,20,24)/t15-/m0/s1. The van der Waals surface area contributed by atoms with Crippen LogP contribution < -0.4 is 5.32 Å². The second-order valence-corrected chi connectivity index (χ2v) is 8.80. The Balaban J connectivity index is 1.76. The lowest BCUT2D eigenvalue weighted by Crippen LogP contribution is -2.41. The number of nitrogens with one attached hydrogen (secondary N) is 1. The molecule has 0 unspecified atom stereocenters. The van der Waals surface area contributed by atoms with Crippen LogP contribution in [0.1, 0.15) is 30.0 Å². The van der Waals surface area contributed by atoms with E-state index in [0.717, 1.165) is 5.56 Å². The lowest BCUT2D eigenvalue weighted by Gasteiger charge is -2.32. The molecule has 152 valence electrons. The summed E-state index contributed by atoms with van der Waals surface area (Å²) in [4.78, 5) is 16.8. The highest BCUT2D eigenvalue weighted by Crippen LogP contribution is 2.30. The summed E-state index contributed by atoms with van der Waals surface area (Å²) in [7, 11) is -2.04. The number of methoxy groups -OCH3 is 1. The SMILES string of the molecule is COCCNC(=O)Cc1cn2c(n1)[C@H](C)N(S(=O)(=O)c1ccc(C)cc1)CC2. The quantitative estimate of drug-likeness (QED) is 0.699. The fourth-order valence-electron chi connectivity index (χ4n) is 3.31. The second kappa shape index (κ2) is 8.42. The van der Waals surface area contributed by atoms with Crippen molar-refractivity contribution >= 4 is 15.9 Å². The number of hydrogen-bond donors (Lipinski definition) is 1. The van der Waals surface area contributed by atoms with E-state index in [1.54, 1.807) is 31.4 Å². The van der Waals surface area contributed by atoms with Crippen LogP contribution in [0.4, 0.5) is 0 Å². The number of benzene rings is 1. The minimum atomic E-state index is -3.61. The molecule has 1 aliphatic rings. The van der Waals surface area contributed by atoms with Crippen molar-refractivity contribution < 1.29 is 17.9 Å². The van der Waals surface area contributed by atoms with Crippen LogP contribution in [0, 0.1) is 6.92 Å². The van der Waals surface area contributed by atoms with Gasteiger partial charge in [-0.25, -0.2) is 13.4 Å². The first-order valence-corrected chi connectivity index (χ1v) is 10.7. The van der Waals surface area contributed by atoms with Crippen molar-refractivity contribution in [1.82, 2.24) is 19.2 Å². The van der Waals surface area contributed by atoms with Gasteiger partial charge in [0.15, 0.2) is 0 Å². The number of amides is 1. The van der Waals surface area contributed by atoms with Crippen molar-refractivity contribution in [2.75, 3.05) is 26.8 Å². The van der Waals surface area contributed by atoms with Crippen LogP contribution in [-0.4, -0.2) is 55.0 Å². The molecule has 8 nitrogen and oxygen atoms in total. The molecular weight excluding hydrogens is 380 g/mol. The number of aryl methyl sites for hydroxylation is 1. The van der Waals surface area contributed by atoms with E-state index in [2.05, 4.69) is 10.3 Å². The lowest BCUT2D eigenvalue weighted by atomic mass is 10.2. The fourth-order valence-corrected chi connectivity index (χ4v) is 4.89. The van der Waals surface area contributed by atoms with Crippen molar-refractivity contribution in [2.45, 2.75) is 37.8 Å². The van der Waals surface area contributed by atoms with Gasteiger partial charge in [0.25, 0.3) is 0 Å². The number of sulfonamides is 1. The number of carbonyl (C=O) groups excluding carboxylic acids is 1. The molecule has 28 heavy (non-hydrogen) atoms. The first kappa shape index (κ1) is 20.5. The van der Waals surface area contributed by atoms with E-state index in [1.807, 2.05) is 24.6 Å². The van der Waals surface area contributed by atoms with Crippen molar-refractivity contribution in [3.05, 3.63) is 47.5 Å². The Kier molecular flexibility index (Phi) is 6.17. The summed E-state index contributed by atoms with van der Waals surface area (Å²) >= 11 is 0. The minimum absolute atomic E-state index is 0.135. The summed E-state index contributed by atoms with van der Waals surface area (Å²) in [6.07, 6.45) is 1.98. The van der Waals surface area contributed by atoms with Gasteiger partial charge < -0.3 is 14.6 Å². The Morgan fingerprint density at radius 1 is 1.29 bits per heavy atom. The maximum Gasteiger partial charge on any atom is 0.243 e. The van der Waals surface area contributed by atoms with Crippen LogP contribution in [0.15, 0.2) is 35.4 Å². The Morgan fingerprint density at radius 3 is 2.68 bits per heavy atom. The molecule has 1 atom stereocenters. The molecule has 0 radical (unpaired) electrons. The molecule has 2 heterocycles. The van der Waals surface area contributed by atoms with E-state index in [1.165, 1.54) is 4.31 Å². The molecule has 1 aliphatic heterocycles. The highest BCUT2D eigenvalue weighted by atomic mass is 32.2. The molecule has 0 spiro atoms. The van der Waals surface area contributed by atoms with Gasteiger partial charge in [0, 0.05) is 32.9 Å². The predicted molar refractivity (Wildman–Crippen MR) is 104 cm³/mol. The summed E-state index contributed by atoms with van der Waals surface area (Å²) in [6, 6.07) is 6.44. The fraction of sp³-hybridized carbons (Fsp3) is 0.474.